The molecule has 0 N–H and O–H groups in total. The van der Waals surface area contributed by atoms with E-state index in [1.54, 1.807) is 33.4 Å². The number of aromatic nitrogens is 4. The van der Waals surface area contributed by atoms with Crippen molar-refractivity contribution in [2.24, 2.45) is 7.05 Å². The summed E-state index contributed by atoms with van der Waals surface area (Å²) < 4.78 is 31.6. The van der Waals surface area contributed by atoms with Gasteiger partial charge in [-0.1, -0.05) is 12.1 Å². The Balaban J connectivity index is 1.61. The second-order valence-corrected chi connectivity index (χ2v) is 8.98. The van der Waals surface area contributed by atoms with Crippen molar-refractivity contribution in [2.75, 3.05) is 13.1 Å². The molecule has 1 aliphatic heterocycles. The third kappa shape index (κ3) is 3.19. The monoisotopic (exact) mass is 385 g/mol. The number of aryl methyl sites for hydroxylation is 3. The maximum Gasteiger partial charge on any atom is 0.243 e. The quantitative estimate of drug-likeness (QED) is 0.692. The van der Waals surface area contributed by atoms with Gasteiger partial charge in [0.15, 0.2) is 0 Å². The van der Waals surface area contributed by atoms with Gasteiger partial charge in [0.25, 0.3) is 0 Å². The summed E-state index contributed by atoms with van der Waals surface area (Å²) in [5, 5.41) is 8.69. The predicted octanol–water partition coefficient (Wildman–Crippen LogP) is 2.54. The van der Waals surface area contributed by atoms with Crippen LogP contribution in [0.25, 0.3) is 11.3 Å². The van der Waals surface area contributed by atoms with Gasteiger partial charge in [-0.3, -0.25) is 9.36 Å². The Bertz CT molecular complexity index is 1080. The molecule has 0 saturated carbocycles. The van der Waals surface area contributed by atoms with E-state index in [1.807, 2.05) is 43.8 Å². The van der Waals surface area contributed by atoms with E-state index in [0.29, 0.717) is 18.0 Å². The van der Waals surface area contributed by atoms with Crippen LogP contribution < -0.4 is 0 Å². The van der Waals surface area contributed by atoms with Crippen LogP contribution in [0.4, 0.5) is 0 Å². The van der Waals surface area contributed by atoms with Crippen LogP contribution in [0.15, 0.2) is 47.5 Å². The summed E-state index contributed by atoms with van der Waals surface area (Å²) in [5.74, 6) is 0. The Morgan fingerprint density at radius 3 is 2.63 bits per heavy atom. The van der Waals surface area contributed by atoms with Crippen LogP contribution in [-0.2, 0) is 17.1 Å². The van der Waals surface area contributed by atoms with Gasteiger partial charge >= 0.3 is 0 Å². The molecule has 1 fully saturated rings. The summed E-state index contributed by atoms with van der Waals surface area (Å²) >= 11 is 0. The zero-order chi connectivity index (χ0) is 19.2. The van der Waals surface area contributed by atoms with Crippen molar-refractivity contribution in [2.45, 2.75) is 31.2 Å². The smallest absolute Gasteiger partial charge is 0.243 e. The molecule has 142 valence electrons. The molecule has 1 atom stereocenters. The highest BCUT2D eigenvalue weighted by Gasteiger charge is 2.34. The molecule has 1 saturated heterocycles. The summed E-state index contributed by atoms with van der Waals surface area (Å²) in [6, 6.07) is 11.0. The topological polar surface area (TPSA) is 73.0 Å². The van der Waals surface area contributed by atoms with E-state index < -0.39 is 10.0 Å². The molecule has 0 bridgehead atoms. The standard InChI is InChI=1S/C19H23N5O2S/c1-14-11-15(2)24(21-14)17-8-10-23(13-17)27(25,26)18-6-4-5-16(12-18)19-7-9-20-22(19)3/h4-7,9,11-12,17H,8,10,13H2,1-3H3. The molecule has 0 amide bonds. The first kappa shape index (κ1) is 17.9. The molecule has 0 radical (unpaired) electrons. The zero-order valence-electron chi connectivity index (χ0n) is 15.7. The van der Waals surface area contributed by atoms with Crippen molar-refractivity contribution in [1.82, 2.24) is 23.9 Å². The van der Waals surface area contributed by atoms with Crippen LogP contribution in [-0.4, -0.2) is 45.4 Å². The van der Waals surface area contributed by atoms with Crippen molar-refractivity contribution >= 4 is 10.0 Å². The third-order valence-electron chi connectivity index (χ3n) is 5.11. The van der Waals surface area contributed by atoms with Gasteiger partial charge in [0.2, 0.25) is 10.0 Å². The van der Waals surface area contributed by atoms with Gasteiger partial charge < -0.3 is 0 Å². The highest BCUT2D eigenvalue weighted by atomic mass is 32.2. The van der Waals surface area contributed by atoms with Gasteiger partial charge in [-0.2, -0.15) is 14.5 Å². The molecule has 3 heterocycles. The Kier molecular flexibility index (Phi) is 4.39. The van der Waals surface area contributed by atoms with E-state index in [-0.39, 0.29) is 6.04 Å². The lowest BCUT2D eigenvalue weighted by Crippen LogP contribution is -2.29. The van der Waals surface area contributed by atoms with Crippen molar-refractivity contribution in [3.05, 3.63) is 54.0 Å². The normalized spacial score (nSPS) is 18.3. The van der Waals surface area contributed by atoms with Gasteiger partial charge in [0, 0.05) is 37.6 Å². The third-order valence-corrected chi connectivity index (χ3v) is 6.97. The highest BCUT2D eigenvalue weighted by molar-refractivity contribution is 7.89. The van der Waals surface area contributed by atoms with Crippen LogP contribution in [0.2, 0.25) is 0 Å². The lowest BCUT2D eigenvalue weighted by atomic mass is 10.1. The fourth-order valence-corrected chi connectivity index (χ4v) is 5.31. The molecule has 1 aliphatic rings. The minimum absolute atomic E-state index is 0.0775. The van der Waals surface area contributed by atoms with Gasteiger partial charge in [-0.25, -0.2) is 8.42 Å². The van der Waals surface area contributed by atoms with Crippen LogP contribution in [0.3, 0.4) is 0 Å². The highest BCUT2D eigenvalue weighted by Crippen LogP contribution is 2.30. The van der Waals surface area contributed by atoms with Gasteiger partial charge in [-0.15, -0.1) is 0 Å². The molecule has 0 spiro atoms. The lowest BCUT2D eigenvalue weighted by molar-refractivity contribution is 0.428. The van der Waals surface area contributed by atoms with Gasteiger partial charge in [0.1, 0.15) is 0 Å². The van der Waals surface area contributed by atoms with E-state index in [0.717, 1.165) is 29.1 Å². The molecule has 0 aliphatic carbocycles. The summed E-state index contributed by atoms with van der Waals surface area (Å²) in [6.45, 7) is 4.91. The van der Waals surface area contributed by atoms with Gasteiger partial charge in [-0.05, 0) is 44.5 Å². The fourth-order valence-electron chi connectivity index (χ4n) is 3.77. The van der Waals surface area contributed by atoms with Crippen molar-refractivity contribution < 1.29 is 8.42 Å². The average molecular weight is 385 g/mol. The molecular weight excluding hydrogens is 362 g/mol. The zero-order valence-corrected chi connectivity index (χ0v) is 16.5. The van der Waals surface area contributed by atoms with Gasteiger partial charge in [0.05, 0.1) is 22.3 Å². The Morgan fingerprint density at radius 1 is 1.15 bits per heavy atom. The van der Waals surface area contributed by atoms with E-state index in [1.165, 1.54) is 0 Å². The van der Waals surface area contributed by atoms with Crippen molar-refractivity contribution in [3.63, 3.8) is 0 Å². The number of nitrogens with zero attached hydrogens (tertiary/aromatic N) is 5. The first-order valence-corrected chi connectivity index (χ1v) is 10.4. The maximum absolute atomic E-state index is 13.2. The van der Waals surface area contributed by atoms with Crippen molar-refractivity contribution in [3.8, 4) is 11.3 Å². The number of hydrogen-bond donors (Lipinski definition) is 0. The molecule has 4 rings (SSSR count). The summed E-state index contributed by atoms with van der Waals surface area (Å²) in [7, 11) is -1.71. The minimum atomic E-state index is -3.55. The average Bonchev–Trinajstić information content (AvgIpc) is 3.35. The Labute approximate surface area is 159 Å². The largest absolute Gasteiger partial charge is 0.268 e. The first-order valence-electron chi connectivity index (χ1n) is 8.97. The van der Waals surface area contributed by atoms with Crippen molar-refractivity contribution in [1.29, 1.82) is 0 Å². The molecule has 7 nitrogen and oxygen atoms in total. The molecular formula is C19H23N5O2S. The second-order valence-electron chi connectivity index (χ2n) is 7.05. The molecule has 8 heteroatoms. The predicted molar refractivity (Wildman–Crippen MR) is 103 cm³/mol. The van der Waals surface area contributed by atoms with Crippen LogP contribution >= 0.6 is 0 Å². The minimum Gasteiger partial charge on any atom is -0.268 e. The summed E-state index contributed by atoms with van der Waals surface area (Å²) in [5.41, 5.74) is 3.74. The van der Waals surface area contributed by atoms with E-state index in [4.69, 9.17) is 0 Å². The summed E-state index contributed by atoms with van der Waals surface area (Å²) in [6.07, 6.45) is 2.47. The first-order chi connectivity index (χ1) is 12.9. The fraction of sp³-hybridized carbons (Fsp3) is 0.368. The SMILES string of the molecule is Cc1cc(C)n(C2CCN(S(=O)(=O)c3cccc(-c4ccnn4C)c3)C2)n1. The van der Waals surface area contributed by atoms with Crippen LogP contribution in [0.1, 0.15) is 23.9 Å². The van der Waals surface area contributed by atoms with E-state index >= 15 is 0 Å². The summed E-state index contributed by atoms with van der Waals surface area (Å²) in [4.78, 5) is 0.315. The number of hydrogen-bond acceptors (Lipinski definition) is 4. The lowest BCUT2D eigenvalue weighted by Gasteiger charge is -2.18. The second kappa shape index (κ2) is 6.61. The number of rotatable bonds is 4. The molecule has 1 aromatic carbocycles. The van der Waals surface area contributed by atoms with E-state index in [2.05, 4.69) is 10.2 Å². The molecule has 3 aromatic rings. The molecule has 1 unspecified atom stereocenters. The van der Waals surface area contributed by atoms with E-state index in [9.17, 15) is 8.42 Å². The Morgan fingerprint density at radius 2 is 1.96 bits per heavy atom. The van der Waals surface area contributed by atoms with Crippen LogP contribution in [0.5, 0.6) is 0 Å². The number of benzene rings is 1. The number of sulfonamides is 1. The Hall–Kier alpha value is -2.45. The molecule has 27 heavy (non-hydrogen) atoms. The van der Waals surface area contributed by atoms with Crippen LogP contribution in [0, 0.1) is 13.8 Å². The molecule has 2 aromatic heterocycles. The maximum atomic E-state index is 13.2.